The van der Waals surface area contributed by atoms with Crippen LogP contribution in [0.4, 0.5) is 26.3 Å². The van der Waals surface area contributed by atoms with Crippen LogP contribution in [0.2, 0.25) is 0 Å². The Labute approximate surface area is 96.5 Å². The molecule has 0 aliphatic rings. The van der Waals surface area contributed by atoms with Crippen LogP contribution in [0, 0.1) is 0 Å². The molecule has 1 atom stereocenters. The molecular weight excluding hydrogens is 298 g/mol. The zero-order valence-electron chi connectivity index (χ0n) is 8.46. The molecule has 0 radical (unpaired) electrons. The number of hydrogen-bond acceptors (Lipinski definition) is 4. The molecule has 18 heavy (non-hydrogen) atoms. The summed E-state index contributed by atoms with van der Waals surface area (Å²) in [7, 11) is -6.74. The SMILES string of the molecule is CCOC(=O)C(F)(C(F)(F)C(F)(F)F)S(=O)(=O)O. The van der Waals surface area contributed by atoms with Gasteiger partial charge in [0.15, 0.2) is 0 Å². The third kappa shape index (κ3) is 2.39. The van der Waals surface area contributed by atoms with Crippen LogP contribution in [-0.4, -0.2) is 42.6 Å². The van der Waals surface area contributed by atoms with Crippen molar-refractivity contribution in [2.75, 3.05) is 6.61 Å². The molecule has 0 fully saturated rings. The fraction of sp³-hybridized carbons (Fsp3) is 0.833. The molecule has 12 heteroatoms. The monoisotopic (exact) mass is 304 g/mol. The molecular formula is C6H6F6O5S. The van der Waals surface area contributed by atoms with E-state index in [1.165, 1.54) is 0 Å². The zero-order valence-corrected chi connectivity index (χ0v) is 9.28. The first kappa shape index (κ1) is 17.0. The fourth-order valence-corrected chi connectivity index (χ4v) is 1.51. The van der Waals surface area contributed by atoms with Gasteiger partial charge in [0.2, 0.25) is 0 Å². The molecule has 5 nitrogen and oxygen atoms in total. The Kier molecular flexibility index (Phi) is 4.31. The predicted molar refractivity (Wildman–Crippen MR) is 43.0 cm³/mol. The normalized spacial score (nSPS) is 17.1. The van der Waals surface area contributed by atoms with Crippen molar-refractivity contribution in [1.82, 2.24) is 0 Å². The minimum absolute atomic E-state index is 0.881. The van der Waals surface area contributed by atoms with Crippen molar-refractivity contribution < 1.29 is 48.8 Å². The summed E-state index contributed by atoms with van der Waals surface area (Å²) in [5.74, 6) is -9.74. The van der Waals surface area contributed by atoms with Crippen LogP contribution in [0.15, 0.2) is 0 Å². The van der Waals surface area contributed by atoms with Crippen LogP contribution >= 0.6 is 0 Å². The second kappa shape index (κ2) is 4.57. The lowest BCUT2D eigenvalue weighted by atomic mass is 10.2. The third-order valence-electron chi connectivity index (χ3n) is 1.65. The Hall–Kier alpha value is -1.04. The van der Waals surface area contributed by atoms with Gasteiger partial charge in [-0.1, -0.05) is 0 Å². The minimum atomic E-state index is -6.74. The Morgan fingerprint density at radius 3 is 1.78 bits per heavy atom. The van der Waals surface area contributed by atoms with Crippen molar-refractivity contribution >= 4 is 16.1 Å². The molecule has 0 saturated heterocycles. The van der Waals surface area contributed by atoms with E-state index in [1.54, 1.807) is 0 Å². The number of esters is 1. The second-order valence-corrected chi connectivity index (χ2v) is 4.38. The average Bonchev–Trinajstić information content (AvgIpc) is 2.12. The summed E-state index contributed by atoms with van der Waals surface area (Å²) in [4.78, 5) is 10.7. The summed E-state index contributed by atoms with van der Waals surface area (Å²) >= 11 is 0. The molecule has 0 rings (SSSR count). The van der Waals surface area contributed by atoms with Crippen molar-refractivity contribution in [3.8, 4) is 0 Å². The van der Waals surface area contributed by atoms with Gasteiger partial charge in [0.25, 0.3) is 0 Å². The molecule has 0 heterocycles. The first-order valence-electron chi connectivity index (χ1n) is 4.01. The number of rotatable bonds is 4. The molecule has 0 aromatic carbocycles. The summed E-state index contributed by atoms with van der Waals surface area (Å²) in [5.41, 5.74) is 0. The first-order valence-corrected chi connectivity index (χ1v) is 5.45. The van der Waals surface area contributed by atoms with Gasteiger partial charge in [0.05, 0.1) is 6.61 Å². The lowest BCUT2D eigenvalue weighted by molar-refractivity contribution is -0.310. The molecule has 0 bridgehead atoms. The van der Waals surface area contributed by atoms with Gasteiger partial charge in [-0.25, -0.2) is 9.18 Å². The van der Waals surface area contributed by atoms with E-state index < -0.39 is 39.8 Å². The summed E-state index contributed by atoms with van der Waals surface area (Å²) in [5, 5.41) is -5.96. The van der Waals surface area contributed by atoms with Gasteiger partial charge in [-0.05, 0) is 6.92 Å². The highest BCUT2D eigenvalue weighted by Gasteiger charge is 2.81. The van der Waals surface area contributed by atoms with Gasteiger partial charge in [-0.2, -0.15) is 30.4 Å². The van der Waals surface area contributed by atoms with Gasteiger partial charge in [-0.3, -0.25) is 4.55 Å². The van der Waals surface area contributed by atoms with Crippen LogP contribution < -0.4 is 0 Å². The minimum Gasteiger partial charge on any atom is -0.463 e. The topological polar surface area (TPSA) is 80.7 Å². The van der Waals surface area contributed by atoms with Crippen molar-refractivity contribution in [3.63, 3.8) is 0 Å². The predicted octanol–water partition coefficient (Wildman–Crippen LogP) is 1.30. The quantitative estimate of drug-likeness (QED) is 0.481. The summed E-state index contributed by atoms with van der Waals surface area (Å²) in [6.45, 7) is 0.0159. The number of hydrogen-bond donors (Lipinski definition) is 1. The lowest BCUT2D eigenvalue weighted by Crippen LogP contribution is -2.63. The van der Waals surface area contributed by atoms with Gasteiger partial charge < -0.3 is 4.74 Å². The van der Waals surface area contributed by atoms with Crippen LogP contribution in [0.3, 0.4) is 0 Å². The van der Waals surface area contributed by atoms with Crippen LogP contribution in [0.25, 0.3) is 0 Å². The van der Waals surface area contributed by atoms with Crippen LogP contribution in [0.5, 0.6) is 0 Å². The first-order chi connectivity index (χ1) is 7.73. The molecule has 108 valence electrons. The number of carbonyl (C=O) groups is 1. The van der Waals surface area contributed by atoms with E-state index >= 15 is 0 Å². The average molecular weight is 304 g/mol. The number of carbonyl (C=O) groups excluding carboxylic acids is 1. The van der Waals surface area contributed by atoms with Crippen molar-refractivity contribution in [3.05, 3.63) is 0 Å². The highest BCUT2D eigenvalue weighted by Crippen LogP contribution is 2.48. The van der Waals surface area contributed by atoms with Crippen LogP contribution in [-0.2, 0) is 19.6 Å². The maximum atomic E-state index is 13.4. The number of ether oxygens (including phenoxy) is 1. The molecule has 0 spiro atoms. The van der Waals surface area contributed by atoms with Crippen LogP contribution in [0.1, 0.15) is 6.92 Å². The molecule has 0 amide bonds. The van der Waals surface area contributed by atoms with Gasteiger partial charge in [-0.15, -0.1) is 0 Å². The van der Waals surface area contributed by atoms with E-state index in [-0.39, 0.29) is 0 Å². The Bertz CT molecular complexity index is 428. The van der Waals surface area contributed by atoms with Gasteiger partial charge in [0.1, 0.15) is 0 Å². The molecule has 0 aromatic heterocycles. The smallest absolute Gasteiger partial charge is 0.458 e. The largest absolute Gasteiger partial charge is 0.463 e. The molecule has 1 N–H and O–H groups in total. The molecule has 0 aliphatic carbocycles. The third-order valence-corrected chi connectivity index (χ3v) is 2.79. The highest BCUT2D eigenvalue weighted by molar-refractivity contribution is 7.88. The molecule has 0 aromatic rings. The van der Waals surface area contributed by atoms with E-state index in [2.05, 4.69) is 4.74 Å². The maximum Gasteiger partial charge on any atom is 0.458 e. The van der Waals surface area contributed by atoms with Gasteiger partial charge in [0, 0.05) is 0 Å². The number of halogens is 6. The van der Waals surface area contributed by atoms with Crippen molar-refractivity contribution in [1.29, 1.82) is 0 Å². The lowest BCUT2D eigenvalue weighted by Gasteiger charge is -2.29. The van der Waals surface area contributed by atoms with E-state index in [1.807, 2.05) is 0 Å². The molecule has 1 unspecified atom stereocenters. The van der Waals surface area contributed by atoms with Crippen molar-refractivity contribution in [2.45, 2.75) is 24.0 Å². The standard InChI is InChI=1S/C6H6F6O5S/c1-2-17-3(13)4(7,18(14,15)16)5(8,9)6(10,11)12/h2H2,1H3,(H,14,15,16). The van der Waals surface area contributed by atoms with E-state index in [4.69, 9.17) is 4.55 Å². The summed E-state index contributed by atoms with van der Waals surface area (Å²) < 4.78 is 107. The van der Waals surface area contributed by atoms with Crippen molar-refractivity contribution in [2.24, 2.45) is 0 Å². The number of alkyl halides is 6. The summed E-state index contributed by atoms with van der Waals surface area (Å²) in [6, 6.07) is 0. The fourth-order valence-electron chi connectivity index (χ4n) is 0.802. The zero-order chi connectivity index (χ0) is 15.0. The van der Waals surface area contributed by atoms with E-state index in [0.29, 0.717) is 0 Å². The Morgan fingerprint density at radius 2 is 1.56 bits per heavy atom. The van der Waals surface area contributed by atoms with E-state index in [0.717, 1.165) is 6.92 Å². The molecule has 0 aliphatic heterocycles. The van der Waals surface area contributed by atoms with E-state index in [9.17, 15) is 39.6 Å². The molecule has 0 saturated carbocycles. The van der Waals surface area contributed by atoms with Gasteiger partial charge >= 0.3 is 33.2 Å². The Morgan fingerprint density at radius 1 is 1.17 bits per heavy atom. The second-order valence-electron chi connectivity index (χ2n) is 2.86. The maximum absolute atomic E-state index is 13.4. The highest BCUT2D eigenvalue weighted by atomic mass is 32.2. The summed E-state index contributed by atoms with van der Waals surface area (Å²) in [6.07, 6.45) is -6.73. The Balaban J connectivity index is 6.05.